The number of anilines is 1. The third kappa shape index (κ3) is 3.19. The quantitative estimate of drug-likeness (QED) is 0.771. The number of carbonyl (C=O) groups is 3. The van der Waals surface area contributed by atoms with Gasteiger partial charge in [0.1, 0.15) is 12.1 Å². The molecule has 1 saturated heterocycles. The Morgan fingerprint density at radius 2 is 2.00 bits per heavy atom. The number of rotatable bonds is 2. The van der Waals surface area contributed by atoms with Crippen LogP contribution in [0.1, 0.15) is 46.0 Å². The molecule has 1 N–H and O–H groups in total. The SMILES string of the molecule is C[C@@H]1CCCC[C@@]12NC(=O)N(CC(=O)N1CC[C@H](C)Sc3ccccc31)C2=O. The molecule has 0 radical (unpaired) electrons. The second-order valence-corrected chi connectivity index (χ2v) is 9.65. The summed E-state index contributed by atoms with van der Waals surface area (Å²) < 4.78 is 0. The standard InChI is InChI=1S/C21H27N3O3S/c1-14-7-5-6-11-21(14)19(26)24(20(27)22-21)13-18(25)23-12-10-15(2)28-17-9-4-3-8-16(17)23/h3-4,8-9,14-15H,5-7,10-13H2,1-2H3,(H,22,27)/t14-,15+,21-/m1/s1. The van der Waals surface area contributed by atoms with E-state index in [4.69, 9.17) is 0 Å². The molecule has 1 aromatic rings. The molecule has 0 bridgehead atoms. The van der Waals surface area contributed by atoms with Crippen LogP contribution in [0.3, 0.4) is 0 Å². The van der Waals surface area contributed by atoms with Crippen molar-refractivity contribution in [2.45, 2.75) is 61.6 Å². The Balaban J connectivity index is 1.55. The lowest BCUT2D eigenvalue weighted by molar-refractivity contribution is -0.136. The molecule has 4 rings (SSSR count). The molecular weight excluding hydrogens is 374 g/mol. The van der Waals surface area contributed by atoms with E-state index in [1.54, 1.807) is 16.7 Å². The van der Waals surface area contributed by atoms with E-state index in [-0.39, 0.29) is 24.3 Å². The Kier molecular flexibility index (Phi) is 5.12. The molecule has 0 aromatic heterocycles. The maximum absolute atomic E-state index is 13.2. The van der Waals surface area contributed by atoms with Gasteiger partial charge in [0.15, 0.2) is 0 Å². The van der Waals surface area contributed by atoms with E-state index in [9.17, 15) is 14.4 Å². The molecule has 0 unspecified atom stereocenters. The molecule has 2 heterocycles. The molecule has 4 amide bonds. The van der Waals surface area contributed by atoms with E-state index >= 15 is 0 Å². The smallest absolute Gasteiger partial charge is 0.323 e. The third-order valence-corrected chi connectivity index (χ3v) is 7.58. The van der Waals surface area contributed by atoms with Crippen molar-refractivity contribution >= 4 is 35.3 Å². The van der Waals surface area contributed by atoms with Crippen LogP contribution in [0, 0.1) is 5.92 Å². The molecular formula is C21H27N3O3S. The van der Waals surface area contributed by atoms with Gasteiger partial charge in [0.2, 0.25) is 5.91 Å². The van der Waals surface area contributed by atoms with E-state index in [0.717, 1.165) is 41.2 Å². The lowest BCUT2D eigenvalue weighted by atomic mass is 9.73. The topological polar surface area (TPSA) is 69.7 Å². The first-order chi connectivity index (χ1) is 13.4. The highest BCUT2D eigenvalue weighted by Gasteiger charge is 2.55. The minimum atomic E-state index is -0.823. The fourth-order valence-electron chi connectivity index (χ4n) is 4.61. The Bertz CT molecular complexity index is 814. The Morgan fingerprint density at radius 1 is 1.21 bits per heavy atom. The first kappa shape index (κ1) is 19.3. The van der Waals surface area contributed by atoms with E-state index in [2.05, 4.69) is 12.2 Å². The van der Waals surface area contributed by atoms with E-state index < -0.39 is 11.6 Å². The molecule has 7 heteroatoms. The maximum atomic E-state index is 13.2. The van der Waals surface area contributed by atoms with Gasteiger partial charge in [-0.05, 0) is 37.3 Å². The van der Waals surface area contributed by atoms with E-state index in [1.807, 2.05) is 31.2 Å². The number of para-hydroxylation sites is 1. The van der Waals surface area contributed by atoms with Crippen LogP contribution >= 0.6 is 11.8 Å². The first-order valence-corrected chi connectivity index (χ1v) is 11.0. The fraction of sp³-hybridized carbons (Fsp3) is 0.571. The summed E-state index contributed by atoms with van der Waals surface area (Å²) in [6.45, 7) is 4.56. The highest BCUT2D eigenvalue weighted by molar-refractivity contribution is 8.00. The first-order valence-electron chi connectivity index (χ1n) is 10.1. The van der Waals surface area contributed by atoms with Gasteiger partial charge >= 0.3 is 6.03 Å². The second kappa shape index (κ2) is 7.43. The van der Waals surface area contributed by atoms with Crippen LogP contribution in [0.4, 0.5) is 10.5 Å². The van der Waals surface area contributed by atoms with Gasteiger partial charge in [-0.25, -0.2) is 4.79 Å². The zero-order chi connectivity index (χ0) is 19.9. The number of nitrogens with zero attached hydrogens (tertiary/aromatic N) is 2. The van der Waals surface area contributed by atoms with Crippen molar-refractivity contribution in [1.82, 2.24) is 10.2 Å². The monoisotopic (exact) mass is 401 g/mol. The average molecular weight is 402 g/mol. The third-order valence-electron chi connectivity index (χ3n) is 6.34. The van der Waals surface area contributed by atoms with Crippen LogP contribution in [0.25, 0.3) is 0 Å². The van der Waals surface area contributed by atoms with Gasteiger partial charge in [0.25, 0.3) is 5.91 Å². The number of urea groups is 1. The van der Waals surface area contributed by atoms with Crippen LogP contribution in [0.15, 0.2) is 29.2 Å². The summed E-state index contributed by atoms with van der Waals surface area (Å²) in [5.74, 6) is -0.343. The number of carbonyl (C=O) groups excluding carboxylic acids is 3. The molecule has 1 aromatic carbocycles. The predicted molar refractivity (Wildman–Crippen MR) is 109 cm³/mol. The van der Waals surface area contributed by atoms with Crippen LogP contribution in [0.5, 0.6) is 0 Å². The van der Waals surface area contributed by atoms with Crippen molar-refractivity contribution in [3.05, 3.63) is 24.3 Å². The van der Waals surface area contributed by atoms with Gasteiger partial charge in [-0.15, -0.1) is 11.8 Å². The zero-order valence-electron chi connectivity index (χ0n) is 16.4. The minimum Gasteiger partial charge on any atom is -0.323 e. The van der Waals surface area contributed by atoms with Gasteiger partial charge in [-0.1, -0.05) is 38.8 Å². The summed E-state index contributed by atoms with van der Waals surface area (Å²) in [5, 5.41) is 3.33. The summed E-state index contributed by atoms with van der Waals surface area (Å²) in [7, 11) is 0. The van der Waals surface area contributed by atoms with Crippen LogP contribution in [-0.4, -0.2) is 46.6 Å². The molecule has 28 heavy (non-hydrogen) atoms. The molecule has 6 nitrogen and oxygen atoms in total. The number of thioether (sulfide) groups is 1. The van der Waals surface area contributed by atoms with Crippen molar-refractivity contribution in [1.29, 1.82) is 0 Å². The van der Waals surface area contributed by atoms with Crippen molar-refractivity contribution in [3.8, 4) is 0 Å². The zero-order valence-corrected chi connectivity index (χ0v) is 17.3. The Labute approximate surface area is 170 Å². The van der Waals surface area contributed by atoms with Gasteiger partial charge in [-0.3, -0.25) is 14.5 Å². The summed E-state index contributed by atoms with van der Waals surface area (Å²) in [6, 6.07) is 7.42. The van der Waals surface area contributed by atoms with Crippen molar-refractivity contribution in [2.75, 3.05) is 18.0 Å². The molecule has 1 spiro atoms. The van der Waals surface area contributed by atoms with Gasteiger partial charge < -0.3 is 10.2 Å². The van der Waals surface area contributed by atoms with Crippen molar-refractivity contribution in [2.24, 2.45) is 5.92 Å². The van der Waals surface area contributed by atoms with E-state index in [0.29, 0.717) is 18.2 Å². The highest BCUT2D eigenvalue weighted by atomic mass is 32.2. The number of hydrogen-bond acceptors (Lipinski definition) is 4. The summed E-state index contributed by atoms with van der Waals surface area (Å²) >= 11 is 1.76. The highest BCUT2D eigenvalue weighted by Crippen LogP contribution is 2.39. The summed E-state index contributed by atoms with van der Waals surface area (Å²) in [4.78, 5) is 42.9. The number of fused-ring (bicyclic) bond motifs is 1. The lowest BCUT2D eigenvalue weighted by Crippen LogP contribution is -2.54. The normalized spacial score (nSPS) is 30.2. The molecule has 2 aliphatic heterocycles. The van der Waals surface area contributed by atoms with Crippen LogP contribution < -0.4 is 10.2 Å². The van der Waals surface area contributed by atoms with Gasteiger partial charge in [-0.2, -0.15) is 0 Å². The Morgan fingerprint density at radius 3 is 2.79 bits per heavy atom. The Hall–Kier alpha value is -2.02. The number of hydrogen-bond donors (Lipinski definition) is 1. The van der Waals surface area contributed by atoms with E-state index in [1.165, 1.54) is 0 Å². The van der Waals surface area contributed by atoms with Crippen molar-refractivity contribution in [3.63, 3.8) is 0 Å². The van der Waals surface area contributed by atoms with Gasteiger partial charge in [0.05, 0.1) is 5.69 Å². The molecule has 3 atom stereocenters. The largest absolute Gasteiger partial charge is 0.325 e. The number of amides is 4. The number of imide groups is 1. The predicted octanol–water partition coefficient (Wildman–Crippen LogP) is 3.40. The number of benzene rings is 1. The van der Waals surface area contributed by atoms with Crippen molar-refractivity contribution < 1.29 is 14.4 Å². The molecule has 2 fully saturated rings. The molecule has 3 aliphatic rings. The maximum Gasteiger partial charge on any atom is 0.325 e. The lowest BCUT2D eigenvalue weighted by Gasteiger charge is -2.36. The van der Waals surface area contributed by atoms with Gasteiger partial charge in [0, 0.05) is 16.7 Å². The molecule has 1 aliphatic carbocycles. The average Bonchev–Trinajstić information content (AvgIpc) is 2.81. The molecule has 1 saturated carbocycles. The minimum absolute atomic E-state index is 0.0916. The fourth-order valence-corrected chi connectivity index (χ4v) is 5.72. The number of nitrogens with one attached hydrogen (secondary N) is 1. The van der Waals surface area contributed by atoms with Crippen LogP contribution in [-0.2, 0) is 9.59 Å². The second-order valence-electron chi connectivity index (χ2n) is 8.17. The summed E-state index contributed by atoms with van der Waals surface area (Å²) in [6.07, 6.45) is 4.44. The summed E-state index contributed by atoms with van der Waals surface area (Å²) in [5.41, 5.74) is 0.0473. The van der Waals surface area contributed by atoms with Crippen LogP contribution in [0.2, 0.25) is 0 Å². The molecule has 150 valence electrons.